The Balaban J connectivity index is 2.04. The molecule has 8 nitrogen and oxygen atoms in total. The molecule has 0 unspecified atom stereocenters. The van der Waals surface area contributed by atoms with Crippen molar-refractivity contribution >= 4 is 21.9 Å². The fourth-order valence-corrected chi connectivity index (χ4v) is 3.53. The Labute approximate surface area is 170 Å². The molecule has 0 N–H and O–H groups in total. The number of likely N-dealkylation sites (N-methyl/N-ethyl adjacent to an activating group) is 1. The van der Waals surface area contributed by atoms with Crippen LogP contribution in [0.2, 0.25) is 0 Å². The number of hydroxylamine groups is 1. The van der Waals surface area contributed by atoms with Gasteiger partial charge in [-0.25, -0.2) is 13.2 Å². The van der Waals surface area contributed by atoms with Gasteiger partial charge < -0.3 is 9.64 Å². The average molecular weight is 420 g/mol. The van der Waals surface area contributed by atoms with E-state index in [1.165, 1.54) is 43.3 Å². The second-order valence-corrected chi connectivity index (χ2v) is 8.23. The van der Waals surface area contributed by atoms with E-state index in [1.807, 2.05) is 37.3 Å². The van der Waals surface area contributed by atoms with Gasteiger partial charge in [-0.1, -0.05) is 40.9 Å². The topological polar surface area (TPSA) is 93.2 Å². The summed E-state index contributed by atoms with van der Waals surface area (Å²) in [5.41, 5.74) is 0.969. The van der Waals surface area contributed by atoms with Crippen molar-refractivity contribution in [2.45, 2.75) is 17.9 Å². The number of esters is 1. The molecule has 1 amide bonds. The molecule has 0 aliphatic rings. The number of benzene rings is 2. The van der Waals surface area contributed by atoms with Crippen molar-refractivity contribution in [3.05, 3.63) is 65.7 Å². The number of sulfonamides is 1. The quantitative estimate of drug-likeness (QED) is 0.480. The van der Waals surface area contributed by atoms with Crippen LogP contribution in [0.1, 0.15) is 28.9 Å². The van der Waals surface area contributed by atoms with Crippen molar-refractivity contribution < 1.29 is 27.6 Å². The van der Waals surface area contributed by atoms with Gasteiger partial charge in [0.15, 0.2) is 6.61 Å². The minimum absolute atomic E-state index is 0.0159. The maximum Gasteiger partial charge on any atom is 0.338 e. The van der Waals surface area contributed by atoms with E-state index in [9.17, 15) is 18.0 Å². The number of carbonyl (C=O) groups excluding carboxylic acids is 2. The Hall–Kier alpha value is -2.75. The van der Waals surface area contributed by atoms with Gasteiger partial charge in [0.2, 0.25) is 0 Å². The molecule has 0 fully saturated rings. The first-order valence-electron chi connectivity index (χ1n) is 8.79. The molecule has 0 bridgehead atoms. The van der Waals surface area contributed by atoms with Crippen LogP contribution in [0.3, 0.4) is 0 Å². The lowest BCUT2D eigenvalue weighted by molar-refractivity contribution is -0.135. The summed E-state index contributed by atoms with van der Waals surface area (Å²) in [6, 6.07) is 14.6. The van der Waals surface area contributed by atoms with Gasteiger partial charge in [-0.15, -0.1) is 0 Å². The highest BCUT2D eigenvalue weighted by atomic mass is 32.2. The second-order valence-electron chi connectivity index (χ2n) is 6.29. The van der Waals surface area contributed by atoms with Gasteiger partial charge in [-0.05, 0) is 30.7 Å². The molecule has 0 spiro atoms. The van der Waals surface area contributed by atoms with Gasteiger partial charge in [-0.3, -0.25) is 9.63 Å². The third-order valence-corrected chi connectivity index (χ3v) is 6.22. The molecule has 29 heavy (non-hydrogen) atoms. The Morgan fingerprint density at radius 3 is 2.31 bits per heavy atom. The van der Waals surface area contributed by atoms with Gasteiger partial charge in [-0.2, -0.15) is 0 Å². The standard InChI is InChI=1S/C20H24N2O6S/c1-15(16-9-6-5-7-10-16)21(2)19(23)14-28-20(24)17-11-8-12-18(13-17)29(25,26)22(3)27-4/h5-13,15H,14H2,1-4H3/t15-/m1/s1. The number of carbonyl (C=O) groups is 2. The smallest absolute Gasteiger partial charge is 0.338 e. The van der Waals surface area contributed by atoms with Crippen LogP contribution in [-0.4, -0.2) is 57.5 Å². The molecule has 0 aromatic heterocycles. The van der Waals surface area contributed by atoms with E-state index in [1.54, 1.807) is 7.05 Å². The number of hydrogen-bond donors (Lipinski definition) is 0. The molecule has 2 rings (SSSR count). The molecule has 0 radical (unpaired) electrons. The van der Waals surface area contributed by atoms with Crippen molar-refractivity contribution in [2.75, 3.05) is 27.8 Å². The molecule has 9 heteroatoms. The molecule has 0 aliphatic carbocycles. The normalized spacial score (nSPS) is 12.4. The zero-order chi connectivity index (χ0) is 21.6. The zero-order valence-corrected chi connectivity index (χ0v) is 17.5. The Morgan fingerprint density at radius 1 is 1.03 bits per heavy atom. The largest absolute Gasteiger partial charge is 0.452 e. The van der Waals surface area contributed by atoms with E-state index < -0.39 is 22.6 Å². The first-order valence-corrected chi connectivity index (χ1v) is 10.2. The van der Waals surface area contributed by atoms with Gasteiger partial charge in [0.25, 0.3) is 15.9 Å². The molecular formula is C20H24N2O6S. The van der Waals surface area contributed by atoms with E-state index >= 15 is 0 Å². The molecule has 156 valence electrons. The van der Waals surface area contributed by atoms with Gasteiger partial charge in [0, 0.05) is 14.1 Å². The molecule has 2 aromatic rings. The summed E-state index contributed by atoms with van der Waals surface area (Å²) < 4.78 is 30.3. The lowest BCUT2D eigenvalue weighted by Gasteiger charge is -2.25. The van der Waals surface area contributed by atoms with E-state index in [0.29, 0.717) is 4.47 Å². The van der Waals surface area contributed by atoms with Crippen LogP contribution in [0, 0.1) is 0 Å². The number of amides is 1. The first kappa shape index (κ1) is 22.5. The van der Waals surface area contributed by atoms with Crippen molar-refractivity contribution in [1.29, 1.82) is 0 Å². The lowest BCUT2D eigenvalue weighted by Crippen LogP contribution is -2.33. The summed E-state index contributed by atoms with van der Waals surface area (Å²) in [7, 11) is 0.178. The SMILES string of the molecule is CON(C)S(=O)(=O)c1cccc(C(=O)OCC(=O)N(C)[C@H](C)c2ccccc2)c1. The van der Waals surface area contributed by atoms with Crippen molar-refractivity contribution in [2.24, 2.45) is 0 Å². The van der Waals surface area contributed by atoms with Crippen LogP contribution < -0.4 is 0 Å². The average Bonchev–Trinajstić information content (AvgIpc) is 2.76. The lowest BCUT2D eigenvalue weighted by atomic mass is 10.1. The number of rotatable bonds is 8. The second kappa shape index (κ2) is 9.64. The molecular weight excluding hydrogens is 396 g/mol. The van der Waals surface area contributed by atoms with Crippen LogP contribution in [0.25, 0.3) is 0 Å². The van der Waals surface area contributed by atoms with E-state index in [0.717, 1.165) is 5.56 Å². The van der Waals surface area contributed by atoms with Crippen LogP contribution in [0.15, 0.2) is 59.5 Å². The van der Waals surface area contributed by atoms with Crippen molar-refractivity contribution in [3.63, 3.8) is 0 Å². The summed E-state index contributed by atoms with van der Waals surface area (Å²) in [4.78, 5) is 30.7. The predicted molar refractivity (Wildman–Crippen MR) is 106 cm³/mol. The molecule has 0 aliphatic heterocycles. The Kier molecular flexibility index (Phi) is 7.49. The number of nitrogens with zero attached hydrogens (tertiary/aromatic N) is 2. The van der Waals surface area contributed by atoms with Crippen LogP contribution >= 0.6 is 0 Å². The third kappa shape index (κ3) is 5.41. The van der Waals surface area contributed by atoms with E-state index in [2.05, 4.69) is 0 Å². The Morgan fingerprint density at radius 2 is 1.69 bits per heavy atom. The first-order chi connectivity index (χ1) is 13.7. The number of ether oxygens (including phenoxy) is 1. The summed E-state index contributed by atoms with van der Waals surface area (Å²) >= 11 is 0. The minimum Gasteiger partial charge on any atom is -0.452 e. The third-order valence-electron chi connectivity index (χ3n) is 4.55. The van der Waals surface area contributed by atoms with E-state index in [4.69, 9.17) is 9.57 Å². The van der Waals surface area contributed by atoms with Crippen molar-refractivity contribution in [3.8, 4) is 0 Å². The van der Waals surface area contributed by atoms with Crippen LogP contribution in [0.4, 0.5) is 0 Å². The molecule has 0 heterocycles. The fraction of sp³-hybridized carbons (Fsp3) is 0.300. The zero-order valence-electron chi connectivity index (χ0n) is 16.7. The minimum atomic E-state index is -3.90. The fourth-order valence-electron chi connectivity index (χ4n) is 2.51. The molecule has 1 atom stereocenters. The highest BCUT2D eigenvalue weighted by molar-refractivity contribution is 7.89. The van der Waals surface area contributed by atoms with Gasteiger partial charge in [0.1, 0.15) is 0 Å². The Bertz CT molecular complexity index is 962. The molecule has 0 saturated heterocycles. The van der Waals surface area contributed by atoms with Gasteiger partial charge in [0.05, 0.1) is 23.6 Å². The summed E-state index contributed by atoms with van der Waals surface area (Å²) in [6.45, 7) is 1.41. The van der Waals surface area contributed by atoms with Crippen LogP contribution in [0.5, 0.6) is 0 Å². The maximum absolute atomic E-state index is 12.4. The summed E-state index contributed by atoms with van der Waals surface area (Å²) in [5, 5.41) is 0. The molecule has 0 saturated carbocycles. The highest BCUT2D eigenvalue weighted by Gasteiger charge is 2.23. The highest BCUT2D eigenvalue weighted by Crippen LogP contribution is 2.19. The summed E-state index contributed by atoms with van der Waals surface area (Å²) in [5.74, 6) is -1.17. The summed E-state index contributed by atoms with van der Waals surface area (Å²) in [6.07, 6.45) is 0. The molecule has 2 aromatic carbocycles. The van der Waals surface area contributed by atoms with E-state index in [-0.39, 0.29) is 22.4 Å². The number of hydrogen-bond acceptors (Lipinski definition) is 6. The van der Waals surface area contributed by atoms with Crippen LogP contribution in [-0.2, 0) is 24.4 Å². The predicted octanol–water partition coefficient (Wildman–Crippen LogP) is 2.24. The van der Waals surface area contributed by atoms with Crippen molar-refractivity contribution in [1.82, 2.24) is 9.37 Å². The van der Waals surface area contributed by atoms with Gasteiger partial charge >= 0.3 is 5.97 Å². The maximum atomic E-state index is 12.4. The monoisotopic (exact) mass is 420 g/mol.